The molecule has 0 fully saturated rings. The molecule has 0 aliphatic heterocycles. The summed E-state index contributed by atoms with van der Waals surface area (Å²) in [6.07, 6.45) is 3.35. The molecular weight excluding hydrogens is 260 g/mol. The van der Waals surface area contributed by atoms with Crippen LogP contribution in [0.3, 0.4) is 0 Å². The zero-order chi connectivity index (χ0) is 13.7. The van der Waals surface area contributed by atoms with Crippen LogP contribution in [0.1, 0.15) is 10.4 Å². The van der Waals surface area contributed by atoms with Crippen LogP contribution in [-0.4, -0.2) is 16.0 Å². The number of rotatable bonds is 3. The predicted octanol–water partition coefficient (Wildman–Crippen LogP) is 1.99. The van der Waals surface area contributed by atoms with Gasteiger partial charge in [-0.3, -0.25) is 9.78 Å². The minimum absolute atomic E-state index is 0.455. The number of hydrogen-bond donors (Lipinski definition) is 3. The van der Waals surface area contributed by atoms with Crippen LogP contribution in [0, 0.1) is 0 Å². The first kappa shape index (κ1) is 13.0. The predicted molar refractivity (Wildman–Crippen MR) is 79.0 cm³/mol. The van der Waals surface area contributed by atoms with Gasteiger partial charge in [0.2, 0.25) is 5.91 Å². The molecule has 4 N–H and O–H groups in total. The van der Waals surface area contributed by atoms with Crippen molar-refractivity contribution in [3.05, 3.63) is 54.4 Å². The lowest BCUT2D eigenvalue weighted by Crippen LogP contribution is -2.19. The van der Waals surface area contributed by atoms with Gasteiger partial charge in [0.1, 0.15) is 0 Å². The van der Waals surface area contributed by atoms with Gasteiger partial charge in [-0.05, 0) is 48.6 Å². The van der Waals surface area contributed by atoms with Crippen molar-refractivity contribution in [1.82, 2.24) is 4.98 Å². The first-order valence-corrected chi connectivity index (χ1v) is 5.94. The van der Waals surface area contributed by atoms with E-state index in [-0.39, 0.29) is 0 Å². The summed E-state index contributed by atoms with van der Waals surface area (Å²) in [6, 6.07) is 10.4. The standard InChI is InChI=1S/C13H12N4OS/c14-12(18)9-1-3-10(4-2-9)16-13(19)17-11-5-7-15-8-6-11/h1-8H,(H2,14,18)(H2,15,16,17,19). The minimum Gasteiger partial charge on any atom is -0.366 e. The summed E-state index contributed by atoms with van der Waals surface area (Å²) in [6.45, 7) is 0. The summed E-state index contributed by atoms with van der Waals surface area (Å²) in [7, 11) is 0. The molecule has 2 aromatic rings. The largest absolute Gasteiger partial charge is 0.366 e. The molecule has 0 aliphatic rings. The first-order valence-electron chi connectivity index (χ1n) is 5.53. The lowest BCUT2D eigenvalue weighted by molar-refractivity contribution is 0.100. The minimum atomic E-state index is -0.455. The number of primary amides is 1. The number of thiocarbonyl (C=S) groups is 1. The van der Waals surface area contributed by atoms with E-state index in [1.54, 1.807) is 36.7 Å². The van der Waals surface area contributed by atoms with Gasteiger partial charge in [-0.1, -0.05) is 0 Å². The third-order valence-corrected chi connectivity index (χ3v) is 2.57. The average molecular weight is 272 g/mol. The fourth-order valence-corrected chi connectivity index (χ4v) is 1.68. The van der Waals surface area contributed by atoms with Crippen molar-refractivity contribution < 1.29 is 4.79 Å². The highest BCUT2D eigenvalue weighted by molar-refractivity contribution is 7.80. The van der Waals surface area contributed by atoms with Gasteiger partial charge in [-0.2, -0.15) is 0 Å². The molecule has 5 nitrogen and oxygen atoms in total. The van der Waals surface area contributed by atoms with Gasteiger partial charge in [0, 0.05) is 29.3 Å². The number of aromatic nitrogens is 1. The molecule has 96 valence electrons. The van der Waals surface area contributed by atoms with Crippen molar-refractivity contribution in [2.75, 3.05) is 10.6 Å². The van der Waals surface area contributed by atoms with E-state index in [2.05, 4.69) is 15.6 Å². The van der Waals surface area contributed by atoms with Gasteiger partial charge in [0.05, 0.1) is 0 Å². The number of nitrogens with two attached hydrogens (primary N) is 1. The topological polar surface area (TPSA) is 80.0 Å². The average Bonchev–Trinajstić information content (AvgIpc) is 2.40. The lowest BCUT2D eigenvalue weighted by Gasteiger charge is -2.10. The monoisotopic (exact) mass is 272 g/mol. The zero-order valence-electron chi connectivity index (χ0n) is 9.96. The van der Waals surface area contributed by atoms with Gasteiger partial charge in [-0.15, -0.1) is 0 Å². The Balaban J connectivity index is 1.97. The molecule has 1 aromatic carbocycles. The summed E-state index contributed by atoms with van der Waals surface area (Å²) in [5.74, 6) is -0.455. The first-order chi connectivity index (χ1) is 9.15. The SMILES string of the molecule is NC(=O)c1ccc(NC(=S)Nc2ccncc2)cc1. The molecule has 6 heteroatoms. The van der Waals surface area contributed by atoms with Gasteiger partial charge >= 0.3 is 0 Å². The Hall–Kier alpha value is -2.47. The highest BCUT2D eigenvalue weighted by Crippen LogP contribution is 2.10. The highest BCUT2D eigenvalue weighted by Gasteiger charge is 2.01. The molecule has 1 aromatic heterocycles. The molecular formula is C13H12N4OS. The molecule has 0 atom stereocenters. The molecule has 0 aliphatic carbocycles. The van der Waals surface area contributed by atoms with Crippen LogP contribution in [-0.2, 0) is 0 Å². The summed E-state index contributed by atoms with van der Waals surface area (Å²) in [4.78, 5) is 14.8. The Morgan fingerprint density at radius 3 is 2.05 bits per heavy atom. The van der Waals surface area contributed by atoms with Crippen LogP contribution >= 0.6 is 12.2 Å². The number of benzene rings is 1. The van der Waals surface area contributed by atoms with E-state index in [9.17, 15) is 4.79 Å². The van der Waals surface area contributed by atoms with Crippen molar-refractivity contribution in [1.29, 1.82) is 0 Å². The van der Waals surface area contributed by atoms with Crippen molar-refractivity contribution in [3.63, 3.8) is 0 Å². The maximum absolute atomic E-state index is 10.9. The van der Waals surface area contributed by atoms with Gasteiger partial charge in [0.25, 0.3) is 0 Å². The third kappa shape index (κ3) is 3.75. The molecule has 1 amide bonds. The van der Waals surface area contributed by atoms with Crippen LogP contribution < -0.4 is 16.4 Å². The number of nitrogens with one attached hydrogen (secondary N) is 2. The summed E-state index contributed by atoms with van der Waals surface area (Å²) in [5, 5.41) is 6.48. The smallest absolute Gasteiger partial charge is 0.248 e. The number of carbonyl (C=O) groups is 1. The maximum Gasteiger partial charge on any atom is 0.248 e. The molecule has 0 saturated carbocycles. The summed E-state index contributed by atoms with van der Waals surface area (Å²) >= 11 is 5.17. The Bertz CT molecular complexity index is 583. The summed E-state index contributed by atoms with van der Waals surface area (Å²) in [5.41, 5.74) is 7.24. The van der Waals surface area contributed by atoms with E-state index < -0.39 is 5.91 Å². The molecule has 0 saturated heterocycles. The van der Waals surface area contributed by atoms with E-state index in [0.717, 1.165) is 11.4 Å². The Labute approximate surface area is 115 Å². The van der Waals surface area contributed by atoms with Crippen LogP contribution in [0.15, 0.2) is 48.8 Å². The van der Waals surface area contributed by atoms with E-state index >= 15 is 0 Å². The normalized spacial score (nSPS) is 9.68. The molecule has 0 unspecified atom stereocenters. The van der Waals surface area contributed by atoms with Crippen molar-refractivity contribution in [2.24, 2.45) is 5.73 Å². The second-order valence-electron chi connectivity index (χ2n) is 3.76. The zero-order valence-corrected chi connectivity index (χ0v) is 10.8. The van der Waals surface area contributed by atoms with Crippen molar-refractivity contribution in [3.8, 4) is 0 Å². The van der Waals surface area contributed by atoms with E-state index in [1.807, 2.05) is 12.1 Å². The van der Waals surface area contributed by atoms with Crippen LogP contribution in [0.25, 0.3) is 0 Å². The molecule has 19 heavy (non-hydrogen) atoms. The molecule has 0 bridgehead atoms. The molecule has 2 rings (SSSR count). The number of nitrogens with zero attached hydrogens (tertiary/aromatic N) is 1. The number of hydrogen-bond acceptors (Lipinski definition) is 3. The Morgan fingerprint density at radius 1 is 1.00 bits per heavy atom. The van der Waals surface area contributed by atoms with Crippen molar-refractivity contribution >= 4 is 34.6 Å². The van der Waals surface area contributed by atoms with Crippen LogP contribution in [0.2, 0.25) is 0 Å². The van der Waals surface area contributed by atoms with Crippen molar-refractivity contribution in [2.45, 2.75) is 0 Å². The highest BCUT2D eigenvalue weighted by atomic mass is 32.1. The third-order valence-electron chi connectivity index (χ3n) is 2.37. The number of pyridine rings is 1. The van der Waals surface area contributed by atoms with E-state index in [4.69, 9.17) is 18.0 Å². The fraction of sp³-hybridized carbons (Fsp3) is 0. The quantitative estimate of drug-likeness (QED) is 0.745. The summed E-state index contributed by atoms with van der Waals surface area (Å²) < 4.78 is 0. The van der Waals surface area contributed by atoms with Crippen LogP contribution in [0.5, 0.6) is 0 Å². The Kier molecular flexibility index (Phi) is 4.04. The lowest BCUT2D eigenvalue weighted by atomic mass is 10.2. The van der Waals surface area contributed by atoms with Gasteiger partial charge in [0.15, 0.2) is 5.11 Å². The number of anilines is 2. The van der Waals surface area contributed by atoms with E-state index in [1.165, 1.54) is 0 Å². The maximum atomic E-state index is 10.9. The van der Waals surface area contributed by atoms with E-state index in [0.29, 0.717) is 10.7 Å². The second-order valence-corrected chi connectivity index (χ2v) is 4.16. The molecule has 0 radical (unpaired) electrons. The molecule has 0 spiro atoms. The Morgan fingerprint density at radius 2 is 1.53 bits per heavy atom. The second kappa shape index (κ2) is 5.92. The molecule has 1 heterocycles. The fourth-order valence-electron chi connectivity index (χ4n) is 1.45. The number of carbonyl (C=O) groups excluding carboxylic acids is 1. The van der Waals surface area contributed by atoms with Gasteiger partial charge < -0.3 is 16.4 Å². The number of amides is 1. The van der Waals surface area contributed by atoms with Crippen LogP contribution in [0.4, 0.5) is 11.4 Å². The van der Waals surface area contributed by atoms with Gasteiger partial charge in [-0.25, -0.2) is 0 Å².